The number of carbonyl (C=O) groups excluding carboxylic acids is 2. The maximum atomic E-state index is 12.6. The van der Waals surface area contributed by atoms with Crippen molar-refractivity contribution in [3.05, 3.63) is 86.1 Å². The van der Waals surface area contributed by atoms with Gasteiger partial charge in [0.2, 0.25) is 0 Å². The van der Waals surface area contributed by atoms with Crippen molar-refractivity contribution in [2.24, 2.45) is 4.99 Å². The topological polar surface area (TPSA) is 72.7 Å². The SMILES string of the molecule is Cc1csc(=NC(=O)c2ccccc2Cl)n1Cc1ccc(C(=O)NCC2CCCO2)cc1. The highest BCUT2D eigenvalue weighted by molar-refractivity contribution is 7.07. The summed E-state index contributed by atoms with van der Waals surface area (Å²) in [5.74, 6) is -0.475. The summed E-state index contributed by atoms with van der Waals surface area (Å²) >= 11 is 7.54. The van der Waals surface area contributed by atoms with E-state index < -0.39 is 0 Å². The zero-order valence-electron chi connectivity index (χ0n) is 17.7. The Balaban J connectivity index is 1.46. The first-order valence-electron chi connectivity index (χ1n) is 10.5. The van der Waals surface area contributed by atoms with E-state index in [2.05, 4.69) is 10.3 Å². The Kier molecular flexibility index (Phi) is 7.19. The molecule has 1 fully saturated rings. The molecule has 8 heteroatoms. The van der Waals surface area contributed by atoms with Crippen molar-refractivity contribution in [3.8, 4) is 0 Å². The number of aromatic nitrogens is 1. The van der Waals surface area contributed by atoms with Crippen LogP contribution in [0.5, 0.6) is 0 Å². The van der Waals surface area contributed by atoms with Crippen LogP contribution in [0.4, 0.5) is 0 Å². The third kappa shape index (κ3) is 5.35. The average molecular weight is 470 g/mol. The second-order valence-corrected chi connectivity index (χ2v) is 8.93. The zero-order chi connectivity index (χ0) is 22.5. The molecule has 1 atom stereocenters. The van der Waals surface area contributed by atoms with Gasteiger partial charge in [-0.1, -0.05) is 35.9 Å². The Morgan fingerprint density at radius 3 is 2.72 bits per heavy atom. The predicted octanol–water partition coefficient (Wildman–Crippen LogP) is 4.21. The molecule has 166 valence electrons. The molecule has 0 spiro atoms. The molecule has 2 amide bonds. The van der Waals surface area contributed by atoms with E-state index in [4.69, 9.17) is 16.3 Å². The van der Waals surface area contributed by atoms with Gasteiger partial charge in [0.1, 0.15) is 0 Å². The van der Waals surface area contributed by atoms with Gasteiger partial charge in [0.05, 0.1) is 23.2 Å². The van der Waals surface area contributed by atoms with Gasteiger partial charge >= 0.3 is 0 Å². The van der Waals surface area contributed by atoms with Gasteiger partial charge in [-0.3, -0.25) is 9.59 Å². The zero-order valence-corrected chi connectivity index (χ0v) is 19.3. The Labute approximate surface area is 195 Å². The van der Waals surface area contributed by atoms with Crippen molar-refractivity contribution in [1.29, 1.82) is 0 Å². The second kappa shape index (κ2) is 10.3. The summed E-state index contributed by atoms with van der Waals surface area (Å²) in [5.41, 5.74) is 3.00. The van der Waals surface area contributed by atoms with Crippen LogP contribution in [0.2, 0.25) is 5.02 Å². The summed E-state index contributed by atoms with van der Waals surface area (Å²) in [4.78, 5) is 29.9. The second-order valence-electron chi connectivity index (χ2n) is 7.68. The summed E-state index contributed by atoms with van der Waals surface area (Å²) < 4.78 is 7.52. The number of rotatable bonds is 6. The molecule has 1 aliphatic rings. The lowest BCUT2D eigenvalue weighted by Crippen LogP contribution is -2.31. The van der Waals surface area contributed by atoms with Gasteiger partial charge in [-0.05, 0) is 49.6 Å². The lowest BCUT2D eigenvalue weighted by atomic mass is 10.1. The number of ether oxygens (including phenoxy) is 1. The van der Waals surface area contributed by atoms with Crippen LogP contribution in [0.25, 0.3) is 0 Å². The van der Waals surface area contributed by atoms with Gasteiger partial charge in [-0.2, -0.15) is 4.99 Å². The number of thiazole rings is 1. The van der Waals surface area contributed by atoms with E-state index in [-0.39, 0.29) is 17.9 Å². The van der Waals surface area contributed by atoms with Crippen molar-refractivity contribution >= 4 is 34.8 Å². The number of carbonyl (C=O) groups is 2. The van der Waals surface area contributed by atoms with Crippen LogP contribution in [0.3, 0.4) is 0 Å². The van der Waals surface area contributed by atoms with Crippen LogP contribution in [0.1, 0.15) is 44.8 Å². The summed E-state index contributed by atoms with van der Waals surface area (Å²) in [6.45, 7) is 3.83. The number of nitrogens with zero attached hydrogens (tertiary/aromatic N) is 2. The Hall–Kier alpha value is -2.74. The molecule has 2 aromatic carbocycles. The van der Waals surface area contributed by atoms with E-state index in [1.807, 2.05) is 41.1 Å². The molecule has 2 heterocycles. The average Bonchev–Trinajstić information content (AvgIpc) is 3.44. The summed E-state index contributed by atoms with van der Waals surface area (Å²) in [5, 5.41) is 5.28. The van der Waals surface area contributed by atoms with Crippen LogP contribution in [-0.4, -0.2) is 35.6 Å². The fourth-order valence-electron chi connectivity index (χ4n) is 3.53. The third-order valence-corrected chi connectivity index (χ3v) is 6.68. The Morgan fingerprint density at radius 2 is 2.00 bits per heavy atom. The molecule has 1 aliphatic heterocycles. The van der Waals surface area contributed by atoms with Gasteiger partial charge in [0, 0.05) is 29.8 Å². The van der Waals surface area contributed by atoms with E-state index in [9.17, 15) is 9.59 Å². The first-order chi connectivity index (χ1) is 15.5. The van der Waals surface area contributed by atoms with E-state index >= 15 is 0 Å². The van der Waals surface area contributed by atoms with Crippen LogP contribution >= 0.6 is 22.9 Å². The van der Waals surface area contributed by atoms with Crippen molar-refractivity contribution in [1.82, 2.24) is 9.88 Å². The van der Waals surface area contributed by atoms with E-state index in [1.165, 1.54) is 11.3 Å². The number of halogens is 1. The Bertz CT molecular complexity index is 1180. The molecular formula is C24H24ClN3O3S. The van der Waals surface area contributed by atoms with Gasteiger partial charge < -0.3 is 14.6 Å². The standard InChI is InChI=1S/C24H24ClN3O3S/c1-16-15-32-24(27-23(30)20-6-2-3-7-21(20)25)28(16)14-17-8-10-18(11-9-17)22(29)26-13-19-5-4-12-31-19/h2-3,6-11,15,19H,4-5,12-14H2,1H3,(H,26,29). The van der Waals surface area contributed by atoms with E-state index in [1.54, 1.807) is 24.3 Å². The number of aryl methyl sites for hydroxylation is 1. The van der Waals surface area contributed by atoms with Gasteiger partial charge in [-0.15, -0.1) is 11.3 Å². The minimum Gasteiger partial charge on any atom is -0.376 e. The molecule has 4 rings (SSSR count). The molecule has 6 nitrogen and oxygen atoms in total. The quantitative estimate of drug-likeness (QED) is 0.587. The summed E-state index contributed by atoms with van der Waals surface area (Å²) in [7, 11) is 0. The van der Waals surface area contributed by atoms with Crippen LogP contribution < -0.4 is 10.1 Å². The molecule has 1 N–H and O–H groups in total. The lowest BCUT2D eigenvalue weighted by molar-refractivity contribution is 0.0857. The van der Waals surface area contributed by atoms with Gasteiger partial charge in [0.15, 0.2) is 4.80 Å². The number of amides is 2. The molecule has 1 saturated heterocycles. The van der Waals surface area contributed by atoms with Gasteiger partial charge in [0.25, 0.3) is 11.8 Å². The highest BCUT2D eigenvalue weighted by Gasteiger charge is 2.17. The maximum absolute atomic E-state index is 12.6. The maximum Gasteiger partial charge on any atom is 0.281 e. The molecule has 1 unspecified atom stereocenters. The van der Waals surface area contributed by atoms with Crippen LogP contribution in [0.15, 0.2) is 58.9 Å². The first kappa shape index (κ1) is 22.5. The monoisotopic (exact) mass is 469 g/mol. The largest absolute Gasteiger partial charge is 0.376 e. The van der Waals surface area contributed by atoms with Crippen molar-refractivity contribution in [2.45, 2.75) is 32.4 Å². The molecule has 0 radical (unpaired) electrons. The predicted molar refractivity (Wildman–Crippen MR) is 125 cm³/mol. The number of benzene rings is 2. The number of hydrogen-bond donors (Lipinski definition) is 1. The molecule has 32 heavy (non-hydrogen) atoms. The summed E-state index contributed by atoms with van der Waals surface area (Å²) in [6.07, 6.45) is 2.16. The lowest BCUT2D eigenvalue weighted by Gasteiger charge is -2.11. The van der Waals surface area contributed by atoms with Crippen molar-refractivity contribution in [2.75, 3.05) is 13.2 Å². The van der Waals surface area contributed by atoms with E-state index in [0.29, 0.717) is 34.0 Å². The third-order valence-electron chi connectivity index (χ3n) is 5.36. The van der Waals surface area contributed by atoms with Crippen molar-refractivity contribution < 1.29 is 14.3 Å². The fourth-order valence-corrected chi connectivity index (χ4v) is 4.63. The van der Waals surface area contributed by atoms with Gasteiger partial charge in [-0.25, -0.2) is 0 Å². The van der Waals surface area contributed by atoms with Crippen LogP contribution in [-0.2, 0) is 11.3 Å². The molecular weight excluding hydrogens is 446 g/mol. The minimum atomic E-state index is -0.371. The highest BCUT2D eigenvalue weighted by Crippen LogP contribution is 2.16. The fraction of sp³-hybridized carbons (Fsp3) is 0.292. The normalized spacial score (nSPS) is 16.3. The van der Waals surface area contributed by atoms with E-state index in [0.717, 1.165) is 30.7 Å². The first-order valence-corrected chi connectivity index (χ1v) is 11.7. The van der Waals surface area contributed by atoms with Crippen LogP contribution in [0, 0.1) is 6.92 Å². The molecule has 1 aromatic heterocycles. The summed E-state index contributed by atoms with van der Waals surface area (Å²) in [6, 6.07) is 14.4. The molecule has 0 bridgehead atoms. The van der Waals surface area contributed by atoms with Crippen molar-refractivity contribution in [3.63, 3.8) is 0 Å². The molecule has 0 saturated carbocycles. The highest BCUT2D eigenvalue weighted by atomic mass is 35.5. The number of nitrogens with one attached hydrogen (secondary N) is 1. The molecule has 0 aliphatic carbocycles. The minimum absolute atomic E-state index is 0.104. The smallest absolute Gasteiger partial charge is 0.281 e. The number of hydrogen-bond acceptors (Lipinski definition) is 4. The Morgan fingerprint density at radius 1 is 1.22 bits per heavy atom. The molecule has 3 aromatic rings.